The van der Waals surface area contributed by atoms with Crippen LogP contribution in [0.4, 0.5) is 14.5 Å². The van der Waals surface area contributed by atoms with Gasteiger partial charge in [0.25, 0.3) is 0 Å². The molecule has 5 nitrogen and oxygen atoms in total. The monoisotopic (exact) mass is 351 g/mol. The van der Waals surface area contributed by atoms with Gasteiger partial charge < -0.3 is 10.6 Å². The van der Waals surface area contributed by atoms with Crippen molar-refractivity contribution in [1.29, 1.82) is 0 Å². The number of carbonyl (C=O) groups is 2. The second kappa shape index (κ2) is 7.47. The van der Waals surface area contributed by atoms with E-state index in [4.69, 9.17) is 0 Å². The lowest BCUT2D eigenvalue weighted by Crippen LogP contribution is -2.50. The Kier molecular flexibility index (Phi) is 5.32. The maximum atomic E-state index is 13.6. The molecule has 1 unspecified atom stereocenters. The number of amides is 2. The molecule has 1 aromatic rings. The number of rotatable bonds is 5. The lowest BCUT2D eigenvalue weighted by atomic mass is 10.0. The first kappa shape index (κ1) is 17.8. The number of carbonyl (C=O) groups excluding carboxylic acids is 2. The van der Waals surface area contributed by atoms with Crippen LogP contribution >= 0.6 is 0 Å². The fraction of sp³-hybridized carbons (Fsp3) is 0.556. The summed E-state index contributed by atoms with van der Waals surface area (Å²) >= 11 is 0. The molecule has 0 bridgehead atoms. The minimum Gasteiger partial charge on any atom is -0.353 e. The molecule has 1 saturated carbocycles. The molecule has 1 saturated heterocycles. The van der Waals surface area contributed by atoms with E-state index in [0.717, 1.165) is 43.9 Å². The Morgan fingerprint density at radius 2 is 1.84 bits per heavy atom. The molecule has 1 heterocycles. The van der Waals surface area contributed by atoms with Crippen LogP contribution in [0.5, 0.6) is 0 Å². The second-order valence-corrected chi connectivity index (χ2v) is 6.88. The standard InChI is InChI=1S/C18H23F2N3O2/c1-11(17(24)22-16-10-13(19)4-5-15(16)20)23-8-6-14(7-9-23)21-18(25)12-2-3-12/h4-5,10-12,14H,2-3,6-9H2,1H3,(H,21,25)(H,22,24). The van der Waals surface area contributed by atoms with Crippen molar-refractivity contribution in [3.05, 3.63) is 29.8 Å². The number of anilines is 1. The molecule has 25 heavy (non-hydrogen) atoms. The highest BCUT2D eigenvalue weighted by Gasteiger charge is 2.33. The van der Waals surface area contributed by atoms with Crippen LogP contribution < -0.4 is 10.6 Å². The molecular weight excluding hydrogens is 328 g/mol. The third-order valence-corrected chi connectivity index (χ3v) is 4.94. The molecule has 2 N–H and O–H groups in total. The van der Waals surface area contributed by atoms with Gasteiger partial charge in [0.2, 0.25) is 11.8 Å². The highest BCUT2D eigenvalue weighted by Crippen LogP contribution is 2.29. The number of piperidine rings is 1. The molecule has 136 valence electrons. The molecule has 7 heteroatoms. The Balaban J connectivity index is 1.49. The summed E-state index contributed by atoms with van der Waals surface area (Å²) in [6.45, 7) is 3.10. The van der Waals surface area contributed by atoms with E-state index in [2.05, 4.69) is 10.6 Å². The number of hydrogen-bond donors (Lipinski definition) is 2. The number of halogens is 2. The van der Waals surface area contributed by atoms with Crippen LogP contribution in [0.15, 0.2) is 18.2 Å². The smallest absolute Gasteiger partial charge is 0.241 e. The Labute approximate surface area is 145 Å². The topological polar surface area (TPSA) is 61.4 Å². The average molecular weight is 351 g/mol. The van der Waals surface area contributed by atoms with Gasteiger partial charge in [-0.25, -0.2) is 8.78 Å². The zero-order valence-corrected chi connectivity index (χ0v) is 14.2. The van der Waals surface area contributed by atoms with Gasteiger partial charge in [0.1, 0.15) is 11.6 Å². The van der Waals surface area contributed by atoms with Crippen LogP contribution in [-0.4, -0.2) is 41.9 Å². The van der Waals surface area contributed by atoms with Gasteiger partial charge in [-0.1, -0.05) is 0 Å². The van der Waals surface area contributed by atoms with Crippen molar-refractivity contribution in [2.75, 3.05) is 18.4 Å². The maximum absolute atomic E-state index is 13.6. The number of nitrogens with one attached hydrogen (secondary N) is 2. The maximum Gasteiger partial charge on any atom is 0.241 e. The van der Waals surface area contributed by atoms with Crippen LogP contribution in [0.3, 0.4) is 0 Å². The molecule has 1 aliphatic carbocycles. The molecular formula is C18H23F2N3O2. The number of benzene rings is 1. The van der Waals surface area contributed by atoms with Crippen LogP contribution in [0.1, 0.15) is 32.6 Å². The van der Waals surface area contributed by atoms with Crippen LogP contribution in [0, 0.1) is 17.6 Å². The van der Waals surface area contributed by atoms with Gasteiger partial charge in [-0.05, 0) is 44.7 Å². The van der Waals surface area contributed by atoms with Crippen molar-refractivity contribution >= 4 is 17.5 Å². The van der Waals surface area contributed by atoms with E-state index >= 15 is 0 Å². The van der Waals surface area contributed by atoms with Gasteiger partial charge in [0, 0.05) is 31.1 Å². The third kappa shape index (κ3) is 4.54. The molecule has 2 amide bonds. The summed E-state index contributed by atoms with van der Waals surface area (Å²) in [6, 6.07) is 2.67. The summed E-state index contributed by atoms with van der Waals surface area (Å²) in [5.41, 5.74) is -0.150. The quantitative estimate of drug-likeness (QED) is 0.856. The molecule has 0 radical (unpaired) electrons. The van der Waals surface area contributed by atoms with Gasteiger partial charge in [0.15, 0.2) is 0 Å². The Hall–Kier alpha value is -2.02. The Bertz CT molecular complexity index is 656. The van der Waals surface area contributed by atoms with Crippen LogP contribution in [0.25, 0.3) is 0 Å². The lowest BCUT2D eigenvalue weighted by molar-refractivity contribution is -0.124. The van der Waals surface area contributed by atoms with E-state index in [1.54, 1.807) is 6.92 Å². The summed E-state index contributed by atoms with van der Waals surface area (Å²) in [6.07, 6.45) is 3.53. The minimum atomic E-state index is -0.663. The molecule has 3 rings (SSSR count). The van der Waals surface area contributed by atoms with Crippen molar-refractivity contribution in [2.24, 2.45) is 5.92 Å². The number of nitrogens with zero attached hydrogens (tertiary/aromatic N) is 1. The van der Waals surface area contributed by atoms with E-state index in [1.807, 2.05) is 4.90 Å². The van der Waals surface area contributed by atoms with E-state index in [0.29, 0.717) is 13.1 Å². The predicted octanol–water partition coefficient (Wildman–Crippen LogP) is 2.28. The predicted molar refractivity (Wildman–Crippen MR) is 89.9 cm³/mol. The van der Waals surface area contributed by atoms with Gasteiger partial charge in [-0.2, -0.15) is 0 Å². The normalized spacial score (nSPS) is 20.1. The van der Waals surface area contributed by atoms with E-state index in [1.165, 1.54) is 0 Å². The summed E-state index contributed by atoms with van der Waals surface area (Å²) in [4.78, 5) is 26.1. The Morgan fingerprint density at radius 3 is 2.48 bits per heavy atom. The highest BCUT2D eigenvalue weighted by atomic mass is 19.1. The minimum absolute atomic E-state index is 0.144. The summed E-state index contributed by atoms with van der Waals surface area (Å²) in [5.74, 6) is -1.29. The molecule has 1 atom stereocenters. The fourth-order valence-corrected chi connectivity index (χ4v) is 3.09. The molecule has 1 aliphatic heterocycles. The zero-order chi connectivity index (χ0) is 18.0. The number of hydrogen-bond acceptors (Lipinski definition) is 3. The Morgan fingerprint density at radius 1 is 1.16 bits per heavy atom. The lowest BCUT2D eigenvalue weighted by Gasteiger charge is -2.35. The molecule has 2 fully saturated rings. The van der Waals surface area contributed by atoms with Gasteiger partial charge >= 0.3 is 0 Å². The van der Waals surface area contributed by atoms with E-state index in [-0.39, 0.29) is 29.5 Å². The van der Waals surface area contributed by atoms with Crippen LogP contribution in [0.2, 0.25) is 0 Å². The highest BCUT2D eigenvalue weighted by molar-refractivity contribution is 5.94. The van der Waals surface area contributed by atoms with Crippen LogP contribution in [-0.2, 0) is 9.59 Å². The van der Waals surface area contributed by atoms with Gasteiger partial charge in [-0.3, -0.25) is 14.5 Å². The molecule has 2 aliphatic rings. The summed E-state index contributed by atoms with van der Waals surface area (Å²) in [7, 11) is 0. The second-order valence-electron chi connectivity index (χ2n) is 6.88. The largest absolute Gasteiger partial charge is 0.353 e. The molecule has 1 aromatic carbocycles. The first-order valence-electron chi connectivity index (χ1n) is 8.74. The zero-order valence-electron chi connectivity index (χ0n) is 14.2. The fourth-order valence-electron chi connectivity index (χ4n) is 3.09. The summed E-state index contributed by atoms with van der Waals surface area (Å²) < 4.78 is 26.8. The molecule has 0 spiro atoms. The first-order chi connectivity index (χ1) is 11.9. The van der Waals surface area contributed by atoms with E-state index in [9.17, 15) is 18.4 Å². The van der Waals surface area contributed by atoms with Crippen molar-refractivity contribution in [1.82, 2.24) is 10.2 Å². The van der Waals surface area contributed by atoms with Crippen molar-refractivity contribution in [2.45, 2.75) is 44.7 Å². The van der Waals surface area contributed by atoms with Crippen molar-refractivity contribution in [3.63, 3.8) is 0 Å². The van der Waals surface area contributed by atoms with Crippen molar-refractivity contribution in [3.8, 4) is 0 Å². The first-order valence-corrected chi connectivity index (χ1v) is 8.74. The average Bonchev–Trinajstić information content (AvgIpc) is 3.43. The molecule has 0 aromatic heterocycles. The van der Waals surface area contributed by atoms with Crippen molar-refractivity contribution < 1.29 is 18.4 Å². The van der Waals surface area contributed by atoms with Gasteiger partial charge in [-0.15, -0.1) is 0 Å². The number of likely N-dealkylation sites (tertiary alicyclic amines) is 1. The SMILES string of the molecule is CC(C(=O)Nc1cc(F)ccc1F)N1CCC(NC(=O)C2CC2)CC1. The summed E-state index contributed by atoms with van der Waals surface area (Å²) in [5, 5.41) is 5.51. The third-order valence-electron chi connectivity index (χ3n) is 4.94. The van der Waals surface area contributed by atoms with E-state index < -0.39 is 17.7 Å². The van der Waals surface area contributed by atoms with Gasteiger partial charge in [0.05, 0.1) is 11.7 Å².